The first-order chi connectivity index (χ1) is 13.0. The summed E-state index contributed by atoms with van der Waals surface area (Å²) in [5.41, 5.74) is 1.48. The largest absolute Gasteiger partial charge is 0.462 e. The summed E-state index contributed by atoms with van der Waals surface area (Å²) in [5.74, 6) is 0.794. The molecule has 4 nitrogen and oxygen atoms in total. The number of rotatable bonds is 4. The van der Waals surface area contributed by atoms with Gasteiger partial charge in [-0.05, 0) is 32.1 Å². The first-order valence-electron chi connectivity index (χ1n) is 10.7. The maximum Gasteiger partial charge on any atom is 0.315 e. The minimum absolute atomic E-state index is 0.00191. The van der Waals surface area contributed by atoms with E-state index in [0.717, 1.165) is 13.0 Å². The summed E-state index contributed by atoms with van der Waals surface area (Å²) in [6, 6.07) is 10.9. The average Bonchev–Trinajstić information content (AvgIpc) is 3.34. The lowest BCUT2D eigenvalue weighted by Crippen LogP contribution is -2.86. The molecule has 4 fully saturated rings. The van der Waals surface area contributed by atoms with Gasteiger partial charge in [0.1, 0.15) is 23.7 Å². The highest BCUT2D eigenvalue weighted by molar-refractivity contribution is 5.76. The van der Waals surface area contributed by atoms with Crippen molar-refractivity contribution < 1.29 is 19.6 Å². The summed E-state index contributed by atoms with van der Waals surface area (Å²) in [6.07, 6.45) is 4.98. The third kappa shape index (κ3) is 2.45. The smallest absolute Gasteiger partial charge is 0.315 e. The van der Waals surface area contributed by atoms with Crippen LogP contribution in [0.25, 0.3) is 0 Å². The van der Waals surface area contributed by atoms with Crippen LogP contribution in [0, 0.1) is 23.2 Å². The van der Waals surface area contributed by atoms with Crippen LogP contribution >= 0.6 is 0 Å². The molecular formula is C23H32NO3+. The zero-order valence-electron chi connectivity index (χ0n) is 16.7. The lowest BCUT2D eigenvalue weighted by Gasteiger charge is -2.48. The minimum atomic E-state index is -0.0378. The van der Waals surface area contributed by atoms with Crippen LogP contribution in [0.1, 0.15) is 58.1 Å². The number of hydrogen-bond donors (Lipinski definition) is 1. The van der Waals surface area contributed by atoms with Gasteiger partial charge in [-0.3, -0.25) is 4.79 Å². The van der Waals surface area contributed by atoms with E-state index in [4.69, 9.17) is 9.47 Å². The van der Waals surface area contributed by atoms with E-state index in [9.17, 15) is 4.79 Å². The fraction of sp³-hybridized carbons (Fsp3) is 0.696. The standard InChI is InChI=1S/C23H31NO3/c1-14-8-7-11-22(3)12-18-19(20-23(14,22)27-20)17(21(25)26-18)13-24-15(2)16-9-5-4-6-10-16/h4-6,9-10,14-15,17-20,24H,7-8,11-13H2,1-3H3/p+1/t14-,15-,17+,18+,19+,20+,22+,23+/m0/s1. The molecule has 2 saturated carbocycles. The molecular weight excluding hydrogens is 338 g/mol. The van der Waals surface area contributed by atoms with Gasteiger partial charge in [0.2, 0.25) is 0 Å². The number of quaternary nitrogens is 1. The Morgan fingerprint density at radius 3 is 2.85 bits per heavy atom. The molecule has 1 aromatic rings. The lowest BCUT2D eigenvalue weighted by molar-refractivity contribution is -0.696. The number of fused-ring (bicyclic) bond motifs is 2. The Labute approximate surface area is 162 Å². The molecule has 2 heterocycles. The van der Waals surface area contributed by atoms with Crippen molar-refractivity contribution in [2.45, 2.75) is 70.3 Å². The number of benzene rings is 1. The average molecular weight is 371 g/mol. The maximum absolute atomic E-state index is 12.7. The Morgan fingerprint density at radius 1 is 1.30 bits per heavy atom. The van der Waals surface area contributed by atoms with Gasteiger partial charge in [0.15, 0.2) is 0 Å². The van der Waals surface area contributed by atoms with Gasteiger partial charge >= 0.3 is 5.97 Å². The second-order valence-electron chi connectivity index (χ2n) is 9.72. The molecule has 0 bridgehead atoms. The molecule has 5 rings (SSSR count). The molecule has 0 amide bonds. The third-order valence-electron chi connectivity index (χ3n) is 8.26. The van der Waals surface area contributed by atoms with E-state index in [-0.39, 0.29) is 41.0 Å². The number of esters is 1. The Hall–Kier alpha value is -1.39. The zero-order chi connectivity index (χ0) is 18.8. The number of hydrogen-bond acceptors (Lipinski definition) is 3. The summed E-state index contributed by atoms with van der Waals surface area (Å²) < 4.78 is 12.4. The summed E-state index contributed by atoms with van der Waals surface area (Å²) >= 11 is 0. The minimum Gasteiger partial charge on any atom is -0.462 e. The van der Waals surface area contributed by atoms with E-state index >= 15 is 0 Å². The topological polar surface area (TPSA) is 55.4 Å². The Bertz CT molecular complexity index is 736. The van der Waals surface area contributed by atoms with E-state index in [1.54, 1.807) is 0 Å². The van der Waals surface area contributed by atoms with Gasteiger partial charge in [0.05, 0.1) is 12.6 Å². The highest BCUT2D eigenvalue weighted by Crippen LogP contribution is 2.70. The molecule has 2 N–H and O–H groups in total. The molecule has 1 spiro atoms. The summed E-state index contributed by atoms with van der Waals surface area (Å²) in [6.45, 7) is 7.73. The lowest BCUT2D eigenvalue weighted by atomic mass is 9.53. The van der Waals surface area contributed by atoms with E-state index in [0.29, 0.717) is 12.0 Å². The molecule has 4 heteroatoms. The fourth-order valence-electron chi connectivity index (χ4n) is 6.74. The van der Waals surface area contributed by atoms with Crippen molar-refractivity contribution in [2.24, 2.45) is 23.2 Å². The van der Waals surface area contributed by atoms with E-state index < -0.39 is 0 Å². The monoisotopic (exact) mass is 370 g/mol. The molecule has 8 atom stereocenters. The van der Waals surface area contributed by atoms with Gasteiger partial charge < -0.3 is 14.8 Å². The van der Waals surface area contributed by atoms with E-state index in [1.807, 2.05) is 6.07 Å². The van der Waals surface area contributed by atoms with Crippen LogP contribution in [0.3, 0.4) is 0 Å². The van der Waals surface area contributed by atoms with Gasteiger partial charge in [-0.2, -0.15) is 0 Å². The van der Waals surface area contributed by atoms with Gasteiger partial charge in [0, 0.05) is 16.9 Å². The zero-order valence-corrected chi connectivity index (χ0v) is 16.7. The van der Waals surface area contributed by atoms with Crippen molar-refractivity contribution in [1.82, 2.24) is 0 Å². The molecule has 27 heavy (non-hydrogen) atoms. The summed E-state index contributed by atoms with van der Waals surface area (Å²) in [5, 5.41) is 2.30. The fourth-order valence-corrected chi connectivity index (χ4v) is 6.74. The highest BCUT2D eigenvalue weighted by atomic mass is 16.6. The second-order valence-corrected chi connectivity index (χ2v) is 9.72. The van der Waals surface area contributed by atoms with Crippen molar-refractivity contribution in [3.8, 4) is 0 Å². The summed E-state index contributed by atoms with van der Waals surface area (Å²) in [4.78, 5) is 12.7. The first-order valence-corrected chi connectivity index (χ1v) is 10.7. The van der Waals surface area contributed by atoms with Crippen molar-refractivity contribution in [1.29, 1.82) is 0 Å². The Kier molecular flexibility index (Phi) is 3.97. The van der Waals surface area contributed by atoms with Crippen molar-refractivity contribution >= 4 is 5.97 Å². The van der Waals surface area contributed by atoms with Gasteiger partial charge in [-0.1, -0.05) is 50.6 Å². The summed E-state index contributed by atoms with van der Waals surface area (Å²) in [7, 11) is 0. The van der Waals surface area contributed by atoms with Gasteiger partial charge in [-0.25, -0.2) is 0 Å². The van der Waals surface area contributed by atoms with E-state index in [2.05, 4.69) is 50.4 Å². The molecule has 0 aromatic heterocycles. The van der Waals surface area contributed by atoms with Crippen LogP contribution in [-0.2, 0) is 14.3 Å². The number of carbonyl (C=O) groups excluding carboxylic acids is 1. The molecule has 2 aliphatic carbocycles. The normalized spacial score (nSPS) is 46.0. The Balaban J connectivity index is 1.34. The van der Waals surface area contributed by atoms with Crippen LogP contribution in [0.15, 0.2) is 30.3 Å². The van der Waals surface area contributed by atoms with Crippen LogP contribution in [-0.4, -0.2) is 30.3 Å². The molecule has 0 radical (unpaired) electrons. The van der Waals surface area contributed by atoms with Gasteiger partial charge in [-0.15, -0.1) is 0 Å². The molecule has 2 saturated heterocycles. The SMILES string of the molecule is C[C@H]([NH2+]C[C@H]1C(=O)O[C@@H]2C[C@@]3(C)CCC[C@H](C)[C@]34O[C@@H]4[C@@H]21)c1ccccc1. The maximum atomic E-state index is 12.7. The Morgan fingerprint density at radius 2 is 2.07 bits per heavy atom. The molecule has 2 aliphatic heterocycles. The number of carbonyl (C=O) groups is 1. The van der Waals surface area contributed by atoms with Crippen LogP contribution in [0.2, 0.25) is 0 Å². The predicted octanol–water partition coefficient (Wildman–Crippen LogP) is 2.84. The van der Waals surface area contributed by atoms with Gasteiger partial charge in [0.25, 0.3) is 0 Å². The number of epoxide rings is 1. The van der Waals surface area contributed by atoms with Crippen molar-refractivity contribution in [3.05, 3.63) is 35.9 Å². The molecule has 1 aromatic carbocycles. The van der Waals surface area contributed by atoms with Crippen molar-refractivity contribution in [2.75, 3.05) is 6.54 Å². The number of nitrogens with two attached hydrogens (primary N) is 1. The first kappa shape index (κ1) is 17.7. The van der Waals surface area contributed by atoms with Crippen LogP contribution in [0.5, 0.6) is 0 Å². The quantitative estimate of drug-likeness (QED) is 0.655. The van der Waals surface area contributed by atoms with E-state index in [1.165, 1.54) is 24.8 Å². The van der Waals surface area contributed by atoms with Crippen molar-refractivity contribution in [3.63, 3.8) is 0 Å². The second kappa shape index (κ2) is 6.05. The van der Waals surface area contributed by atoms with Crippen LogP contribution in [0.4, 0.5) is 0 Å². The molecule has 146 valence electrons. The molecule has 0 unspecified atom stereocenters. The molecule has 4 aliphatic rings. The number of ether oxygens (including phenoxy) is 2. The highest BCUT2D eigenvalue weighted by Gasteiger charge is 2.78. The predicted molar refractivity (Wildman–Crippen MR) is 102 cm³/mol. The van der Waals surface area contributed by atoms with Crippen LogP contribution < -0.4 is 5.32 Å². The third-order valence-corrected chi connectivity index (χ3v) is 8.26.